The lowest BCUT2D eigenvalue weighted by Gasteiger charge is -2.34. The maximum atomic E-state index is 12.6. The van der Waals surface area contributed by atoms with Gasteiger partial charge < -0.3 is 4.90 Å². The third kappa shape index (κ3) is 3.55. The molecular weight excluding hydrogens is 338 g/mol. The Hall–Kier alpha value is -2.69. The average molecular weight is 355 g/mol. The molecule has 3 rings (SSSR count). The van der Waals surface area contributed by atoms with Crippen molar-refractivity contribution in [3.05, 3.63) is 65.7 Å². The second-order valence-electron chi connectivity index (χ2n) is 5.70. The third-order valence-electron chi connectivity index (χ3n) is 4.17. The van der Waals surface area contributed by atoms with Crippen molar-refractivity contribution in [3.8, 4) is 6.07 Å². The van der Waals surface area contributed by atoms with Crippen molar-refractivity contribution in [1.29, 1.82) is 5.26 Å². The first-order chi connectivity index (χ1) is 12.0. The quantitative estimate of drug-likeness (QED) is 0.839. The number of carbonyl (C=O) groups is 1. The Morgan fingerprint density at radius 2 is 1.52 bits per heavy atom. The van der Waals surface area contributed by atoms with Gasteiger partial charge in [-0.05, 0) is 36.4 Å². The molecule has 1 fully saturated rings. The van der Waals surface area contributed by atoms with Crippen molar-refractivity contribution in [1.82, 2.24) is 9.21 Å². The molecule has 0 radical (unpaired) electrons. The minimum Gasteiger partial charge on any atom is -0.336 e. The van der Waals surface area contributed by atoms with Crippen molar-refractivity contribution in [3.63, 3.8) is 0 Å². The highest BCUT2D eigenvalue weighted by Gasteiger charge is 2.30. The fourth-order valence-electron chi connectivity index (χ4n) is 2.74. The second kappa shape index (κ2) is 7.05. The summed E-state index contributed by atoms with van der Waals surface area (Å²) in [6.07, 6.45) is 0. The Bertz CT molecular complexity index is 895. The lowest BCUT2D eigenvalue weighted by molar-refractivity contribution is 0.0698. The maximum absolute atomic E-state index is 12.6. The molecule has 0 saturated carbocycles. The monoisotopic (exact) mass is 355 g/mol. The summed E-state index contributed by atoms with van der Waals surface area (Å²) in [5.74, 6) is -0.152. The zero-order chi connectivity index (χ0) is 17.9. The van der Waals surface area contributed by atoms with Gasteiger partial charge in [0.1, 0.15) is 0 Å². The zero-order valence-electron chi connectivity index (χ0n) is 13.5. The standard InChI is InChI=1S/C18H17N3O3S/c19-14-15-6-8-16(9-7-15)18(22)20-10-12-21(13-11-20)25(23,24)17-4-2-1-3-5-17/h1-9H,10-13H2. The van der Waals surface area contributed by atoms with Crippen LogP contribution in [0.4, 0.5) is 0 Å². The molecule has 0 atom stereocenters. The molecule has 1 aliphatic heterocycles. The summed E-state index contributed by atoms with van der Waals surface area (Å²) in [6, 6.07) is 16.8. The molecule has 2 aromatic rings. The molecule has 128 valence electrons. The van der Waals surface area contributed by atoms with E-state index < -0.39 is 10.0 Å². The van der Waals surface area contributed by atoms with Gasteiger partial charge in [0.15, 0.2) is 0 Å². The van der Waals surface area contributed by atoms with Gasteiger partial charge >= 0.3 is 0 Å². The molecule has 0 N–H and O–H groups in total. The second-order valence-corrected chi connectivity index (χ2v) is 7.64. The topological polar surface area (TPSA) is 81.5 Å². The number of hydrogen-bond acceptors (Lipinski definition) is 4. The number of amides is 1. The van der Waals surface area contributed by atoms with E-state index in [2.05, 4.69) is 0 Å². The van der Waals surface area contributed by atoms with E-state index in [1.807, 2.05) is 6.07 Å². The average Bonchev–Trinajstić information content (AvgIpc) is 2.68. The van der Waals surface area contributed by atoms with Crippen LogP contribution in [-0.2, 0) is 10.0 Å². The van der Waals surface area contributed by atoms with Gasteiger partial charge in [-0.1, -0.05) is 18.2 Å². The Kier molecular flexibility index (Phi) is 4.83. The molecule has 6 nitrogen and oxygen atoms in total. The minimum atomic E-state index is -3.53. The Balaban J connectivity index is 1.67. The smallest absolute Gasteiger partial charge is 0.253 e. The van der Waals surface area contributed by atoms with Crippen LogP contribution in [0, 0.1) is 11.3 Å². The van der Waals surface area contributed by atoms with Crippen LogP contribution in [0.1, 0.15) is 15.9 Å². The van der Waals surface area contributed by atoms with Gasteiger partial charge in [-0.15, -0.1) is 0 Å². The first-order valence-electron chi connectivity index (χ1n) is 7.87. The molecule has 0 aliphatic carbocycles. The van der Waals surface area contributed by atoms with Crippen molar-refractivity contribution in [2.75, 3.05) is 26.2 Å². The van der Waals surface area contributed by atoms with Crippen LogP contribution in [-0.4, -0.2) is 49.7 Å². The summed E-state index contributed by atoms with van der Waals surface area (Å²) in [5.41, 5.74) is 0.994. The van der Waals surface area contributed by atoms with Gasteiger partial charge in [-0.2, -0.15) is 9.57 Å². The minimum absolute atomic E-state index is 0.152. The van der Waals surface area contributed by atoms with Crippen LogP contribution >= 0.6 is 0 Å². The van der Waals surface area contributed by atoms with Gasteiger partial charge in [0.25, 0.3) is 5.91 Å². The summed E-state index contributed by atoms with van der Waals surface area (Å²) in [6.45, 7) is 1.20. The lowest BCUT2D eigenvalue weighted by atomic mass is 10.1. The molecule has 0 bridgehead atoms. The van der Waals surface area contributed by atoms with E-state index in [-0.39, 0.29) is 23.9 Å². The largest absolute Gasteiger partial charge is 0.336 e. The lowest BCUT2D eigenvalue weighted by Crippen LogP contribution is -2.50. The van der Waals surface area contributed by atoms with Gasteiger partial charge in [-0.25, -0.2) is 8.42 Å². The number of sulfonamides is 1. The van der Waals surface area contributed by atoms with E-state index in [1.54, 1.807) is 59.5 Å². The maximum Gasteiger partial charge on any atom is 0.253 e. The van der Waals surface area contributed by atoms with Gasteiger partial charge in [-0.3, -0.25) is 4.79 Å². The van der Waals surface area contributed by atoms with Crippen LogP contribution in [0.15, 0.2) is 59.5 Å². The number of hydrogen-bond donors (Lipinski definition) is 0. The summed E-state index contributed by atoms with van der Waals surface area (Å²) in [7, 11) is -3.53. The van der Waals surface area contributed by atoms with E-state index in [4.69, 9.17) is 5.26 Å². The Morgan fingerprint density at radius 1 is 0.920 bits per heavy atom. The fraction of sp³-hybridized carbons (Fsp3) is 0.222. The Labute approximate surface area is 147 Å². The van der Waals surface area contributed by atoms with Crippen molar-refractivity contribution >= 4 is 15.9 Å². The van der Waals surface area contributed by atoms with Crippen LogP contribution in [0.3, 0.4) is 0 Å². The van der Waals surface area contributed by atoms with E-state index in [0.29, 0.717) is 24.2 Å². The molecule has 0 aromatic heterocycles. The molecule has 1 aliphatic rings. The molecule has 0 spiro atoms. The van der Waals surface area contributed by atoms with Crippen molar-refractivity contribution < 1.29 is 13.2 Å². The van der Waals surface area contributed by atoms with E-state index in [0.717, 1.165) is 0 Å². The number of nitriles is 1. The van der Waals surface area contributed by atoms with Gasteiger partial charge in [0.05, 0.1) is 16.5 Å². The van der Waals surface area contributed by atoms with Crippen LogP contribution in [0.2, 0.25) is 0 Å². The molecule has 1 amide bonds. The SMILES string of the molecule is N#Cc1ccc(C(=O)N2CCN(S(=O)(=O)c3ccccc3)CC2)cc1. The Morgan fingerprint density at radius 3 is 2.08 bits per heavy atom. The first-order valence-corrected chi connectivity index (χ1v) is 9.31. The summed E-state index contributed by atoms with van der Waals surface area (Å²) in [4.78, 5) is 14.4. The van der Waals surface area contributed by atoms with E-state index in [1.165, 1.54) is 4.31 Å². The van der Waals surface area contributed by atoms with E-state index in [9.17, 15) is 13.2 Å². The number of benzene rings is 2. The normalized spacial score (nSPS) is 15.6. The summed E-state index contributed by atoms with van der Waals surface area (Å²) < 4.78 is 26.6. The molecule has 7 heteroatoms. The van der Waals surface area contributed by atoms with Crippen LogP contribution < -0.4 is 0 Å². The number of nitrogens with zero attached hydrogens (tertiary/aromatic N) is 3. The molecule has 0 unspecified atom stereocenters. The van der Waals surface area contributed by atoms with Crippen LogP contribution in [0.5, 0.6) is 0 Å². The highest BCUT2D eigenvalue weighted by Crippen LogP contribution is 2.18. The van der Waals surface area contributed by atoms with Gasteiger partial charge in [0.2, 0.25) is 10.0 Å². The number of carbonyl (C=O) groups excluding carboxylic acids is 1. The molecule has 1 heterocycles. The molecular formula is C18H17N3O3S. The first kappa shape index (κ1) is 17.1. The molecule has 2 aromatic carbocycles. The summed E-state index contributed by atoms with van der Waals surface area (Å²) >= 11 is 0. The predicted molar refractivity (Wildman–Crippen MR) is 92.3 cm³/mol. The zero-order valence-corrected chi connectivity index (χ0v) is 14.3. The van der Waals surface area contributed by atoms with Crippen molar-refractivity contribution in [2.45, 2.75) is 4.90 Å². The third-order valence-corrected chi connectivity index (χ3v) is 6.08. The van der Waals surface area contributed by atoms with Crippen molar-refractivity contribution in [2.24, 2.45) is 0 Å². The number of rotatable bonds is 3. The van der Waals surface area contributed by atoms with Crippen LogP contribution in [0.25, 0.3) is 0 Å². The highest BCUT2D eigenvalue weighted by molar-refractivity contribution is 7.89. The fourth-order valence-corrected chi connectivity index (χ4v) is 4.19. The molecule has 1 saturated heterocycles. The highest BCUT2D eigenvalue weighted by atomic mass is 32.2. The number of piperazine rings is 1. The van der Waals surface area contributed by atoms with E-state index >= 15 is 0 Å². The van der Waals surface area contributed by atoms with Gasteiger partial charge in [0, 0.05) is 31.7 Å². The molecule has 25 heavy (non-hydrogen) atoms. The predicted octanol–water partition coefficient (Wildman–Crippen LogP) is 1.70. The summed E-state index contributed by atoms with van der Waals surface area (Å²) in [5, 5.41) is 8.81.